The predicted octanol–water partition coefficient (Wildman–Crippen LogP) is 1.40. The van der Waals surface area contributed by atoms with Crippen molar-refractivity contribution in [3.8, 4) is 0 Å². The Morgan fingerprint density at radius 1 is 1.33 bits per heavy atom. The molecule has 0 spiro atoms. The first-order valence-corrected chi connectivity index (χ1v) is 8.18. The van der Waals surface area contributed by atoms with E-state index in [1.165, 1.54) is 18.6 Å². The molecule has 0 radical (unpaired) electrons. The van der Waals surface area contributed by atoms with Crippen molar-refractivity contribution in [1.82, 2.24) is 10.6 Å². The number of unbranched alkanes of at least 4 members (excludes halogenated alkanes) is 2. The summed E-state index contributed by atoms with van der Waals surface area (Å²) in [5, 5.41) is 6.28. The van der Waals surface area contributed by atoms with E-state index in [1.54, 1.807) is 7.11 Å². The molecule has 106 valence electrons. The summed E-state index contributed by atoms with van der Waals surface area (Å²) in [6, 6.07) is 0. The molecule has 1 saturated heterocycles. The largest absolute Gasteiger partial charge is 0.368 e. The van der Waals surface area contributed by atoms with E-state index in [0.29, 0.717) is 0 Å². The lowest BCUT2D eigenvalue weighted by atomic mass is 9.91. The summed E-state index contributed by atoms with van der Waals surface area (Å²) in [6.07, 6.45) is 7.13. The molecule has 0 atom stereocenters. The highest BCUT2D eigenvalue weighted by Crippen LogP contribution is 2.22. The van der Waals surface area contributed by atoms with Crippen LogP contribution >= 0.6 is 11.8 Å². The highest BCUT2D eigenvalue weighted by molar-refractivity contribution is 7.98. The van der Waals surface area contributed by atoms with Gasteiger partial charge in [0.15, 0.2) is 0 Å². The van der Waals surface area contributed by atoms with Gasteiger partial charge in [-0.1, -0.05) is 6.42 Å². The summed E-state index contributed by atoms with van der Waals surface area (Å²) < 4.78 is 5.48. The van der Waals surface area contributed by atoms with Gasteiger partial charge in [0, 0.05) is 13.7 Å². The van der Waals surface area contributed by atoms with Gasteiger partial charge in [0.05, 0.1) is 0 Å². The van der Waals surface area contributed by atoms with Crippen molar-refractivity contribution in [2.24, 2.45) is 0 Å². The molecule has 18 heavy (non-hydrogen) atoms. The number of hydrogen-bond acceptors (Lipinski definition) is 4. The number of thioether (sulfide) groups is 1. The second-order valence-corrected chi connectivity index (χ2v) is 5.74. The molecule has 0 unspecified atom stereocenters. The first kappa shape index (κ1) is 15.8. The number of methoxy groups -OCH3 is 1. The van der Waals surface area contributed by atoms with Gasteiger partial charge in [0.25, 0.3) is 5.91 Å². The molecular formula is C13H26N2O2S. The fraction of sp³-hybridized carbons (Fsp3) is 0.923. The van der Waals surface area contributed by atoms with Crippen LogP contribution in [0.3, 0.4) is 0 Å². The third-order valence-corrected chi connectivity index (χ3v) is 4.22. The SMILES string of the molecule is COC1(C(=O)NCCCCCSC)CCNCC1. The van der Waals surface area contributed by atoms with Crippen LogP contribution in [0.2, 0.25) is 0 Å². The maximum atomic E-state index is 12.2. The first-order chi connectivity index (χ1) is 8.75. The number of rotatable bonds is 8. The number of carbonyl (C=O) groups is 1. The van der Waals surface area contributed by atoms with E-state index in [0.717, 1.165) is 38.9 Å². The molecule has 0 aliphatic carbocycles. The predicted molar refractivity (Wildman–Crippen MR) is 77.1 cm³/mol. The molecule has 1 heterocycles. The Morgan fingerprint density at radius 2 is 2.06 bits per heavy atom. The maximum absolute atomic E-state index is 12.2. The van der Waals surface area contributed by atoms with E-state index in [1.807, 2.05) is 11.8 Å². The number of piperidine rings is 1. The van der Waals surface area contributed by atoms with Crippen molar-refractivity contribution in [1.29, 1.82) is 0 Å². The van der Waals surface area contributed by atoms with E-state index in [-0.39, 0.29) is 5.91 Å². The fourth-order valence-electron chi connectivity index (χ4n) is 2.27. The monoisotopic (exact) mass is 274 g/mol. The molecule has 1 rings (SSSR count). The number of ether oxygens (including phenoxy) is 1. The summed E-state index contributed by atoms with van der Waals surface area (Å²) in [4.78, 5) is 12.2. The average Bonchev–Trinajstić information content (AvgIpc) is 2.43. The summed E-state index contributed by atoms with van der Waals surface area (Å²) >= 11 is 1.88. The van der Waals surface area contributed by atoms with Crippen LogP contribution in [-0.2, 0) is 9.53 Å². The Morgan fingerprint density at radius 3 is 2.67 bits per heavy atom. The third-order valence-electron chi connectivity index (χ3n) is 3.53. The highest BCUT2D eigenvalue weighted by atomic mass is 32.2. The molecule has 5 heteroatoms. The fourth-order valence-corrected chi connectivity index (χ4v) is 2.76. The van der Waals surface area contributed by atoms with Gasteiger partial charge in [0.1, 0.15) is 5.60 Å². The van der Waals surface area contributed by atoms with E-state index in [2.05, 4.69) is 16.9 Å². The van der Waals surface area contributed by atoms with Gasteiger partial charge in [-0.3, -0.25) is 4.79 Å². The molecule has 0 aromatic carbocycles. The number of hydrogen-bond donors (Lipinski definition) is 2. The van der Waals surface area contributed by atoms with Crippen LogP contribution in [0.1, 0.15) is 32.1 Å². The van der Waals surface area contributed by atoms with Gasteiger partial charge in [-0.25, -0.2) is 0 Å². The van der Waals surface area contributed by atoms with Crippen molar-refractivity contribution in [2.45, 2.75) is 37.7 Å². The number of nitrogens with one attached hydrogen (secondary N) is 2. The Balaban J connectivity index is 2.21. The summed E-state index contributed by atoms with van der Waals surface area (Å²) in [5.74, 6) is 1.28. The van der Waals surface area contributed by atoms with Crippen LogP contribution in [0.5, 0.6) is 0 Å². The molecule has 0 aromatic heterocycles. The van der Waals surface area contributed by atoms with E-state index in [4.69, 9.17) is 4.74 Å². The lowest BCUT2D eigenvalue weighted by Gasteiger charge is -2.34. The Hall–Kier alpha value is -0.260. The van der Waals surface area contributed by atoms with Crippen molar-refractivity contribution < 1.29 is 9.53 Å². The molecule has 1 aliphatic heterocycles. The van der Waals surface area contributed by atoms with Gasteiger partial charge in [-0.2, -0.15) is 11.8 Å². The zero-order chi connectivity index (χ0) is 13.3. The van der Waals surface area contributed by atoms with E-state index in [9.17, 15) is 4.79 Å². The molecule has 1 aliphatic rings. The van der Waals surface area contributed by atoms with Crippen LogP contribution in [0.15, 0.2) is 0 Å². The molecule has 0 saturated carbocycles. The van der Waals surface area contributed by atoms with Crippen LogP contribution in [0.4, 0.5) is 0 Å². The van der Waals surface area contributed by atoms with Crippen LogP contribution in [0, 0.1) is 0 Å². The second kappa shape index (κ2) is 8.77. The van der Waals surface area contributed by atoms with Gasteiger partial charge >= 0.3 is 0 Å². The quantitative estimate of drug-likeness (QED) is 0.657. The van der Waals surface area contributed by atoms with Crippen LogP contribution in [-0.4, -0.2) is 50.3 Å². The highest BCUT2D eigenvalue weighted by Gasteiger charge is 2.39. The van der Waals surface area contributed by atoms with Gasteiger partial charge < -0.3 is 15.4 Å². The smallest absolute Gasteiger partial charge is 0.252 e. The molecule has 0 aromatic rings. The van der Waals surface area contributed by atoms with Crippen molar-refractivity contribution in [3.63, 3.8) is 0 Å². The molecule has 1 amide bonds. The molecule has 4 nitrogen and oxygen atoms in total. The minimum Gasteiger partial charge on any atom is -0.368 e. The second-order valence-electron chi connectivity index (χ2n) is 4.76. The lowest BCUT2D eigenvalue weighted by Crippen LogP contribution is -2.54. The molecular weight excluding hydrogens is 248 g/mol. The average molecular weight is 274 g/mol. The topological polar surface area (TPSA) is 50.4 Å². The standard InChI is InChI=1S/C13H26N2O2S/c1-17-13(6-9-14-10-7-13)12(16)15-8-4-3-5-11-18-2/h14H,3-11H2,1-2H3,(H,15,16). The van der Waals surface area contributed by atoms with Crippen LogP contribution < -0.4 is 10.6 Å². The third kappa shape index (κ3) is 4.78. The van der Waals surface area contributed by atoms with Gasteiger partial charge in [-0.05, 0) is 50.8 Å². The maximum Gasteiger partial charge on any atom is 0.252 e. The van der Waals surface area contributed by atoms with E-state index >= 15 is 0 Å². The van der Waals surface area contributed by atoms with Gasteiger partial charge in [0.2, 0.25) is 0 Å². The number of carbonyl (C=O) groups excluding carboxylic acids is 1. The van der Waals surface area contributed by atoms with Crippen molar-refractivity contribution in [3.05, 3.63) is 0 Å². The van der Waals surface area contributed by atoms with Crippen molar-refractivity contribution >= 4 is 17.7 Å². The van der Waals surface area contributed by atoms with E-state index < -0.39 is 5.60 Å². The summed E-state index contributed by atoms with van der Waals surface area (Å²) in [7, 11) is 1.64. The summed E-state index contributed by atoms with van der Waals surface area (Å²) in [6.45, 7) is 2.48. The molecule has 2 N–H and O–H groups in total. The normalized spacial score (nSPS) is 18.6. The Labute approximate surface area is 115 Å². The summed E-state index contributed by atoms with van der Waals surface area (Å²) in [5.41, 5.74) is -0.593. The number of amides is 1. The minimum atomic E-state index is -0.593. The first-order valence-electron chi connectivity index (χ1n) is 6.78. The molecule has 1 fully saturated rings. The zero-order valence-electron chi connectivity index (χ0n) is 11.6. The van der Waals surface area contributed by atoms with Gasteiger partial charge in [-0.15, -0.1) is 0 Å². The zero-order valence-corrected chi connectivity index (χ0v) is 12.4. The minimum absolute atomic E-state index is 0.0661. The lowest BCUT2D eigenvalue weighted by molar-refractivity contribution is -0.146. The Bertz CT molecular complexity index is 243. The molecule has 0 bridgehead atoms. The van der Waals surface area contributed by atoms with Crippen molar-refractivity contribution in [2.75, 3.05) is 38.8 Å². The Kier molecular flexibility index (Phi) is 7.70. The van der Waals surface area contributed by atoms with Crippen LogP contribution in [0.25, 0.3) is 0 Å².